The summed E-state index contributed by atoms with van der Waals surface area (Å²) in [5.41, 5.74) is 4.12. The number of hydrogen-bond donors (Lipinski definition) is 2. The lowest BCUT2D eigenvalue weighted by Crippen LogP contribution is -2.53. The summed E-state index contributed by atoms with van der Waals surface area (Å²) >= 11 is 0. The van der Waals surface area contributed by atoms with Crippen molar-refractivity contribution in [3.05, 3.63) is 18.0 Å². The lowest BCUT2D eigenvalue weighted by molar-refractivity contribution is -0.0378. The predicted molar refractivity (Wildman–Crippen MR) is 70.8 cm³/mol. The molecule has 1 fully saturated rings. The second-order valence-electron chi connectivity index (χ2n) is 5.18. The molecule has 0 aromatic carbocycles. The molecule has 18 heavy (non-hydrogen) atoms. The van der Waals surface area contributed by atoms with Gasteiger partial charge in [0.2, 0.25) is 0 Å². The first-order valence-electron chi connectivity index (χ1n) is 6.70. The zero-order valence-electron chi connectivity index (χ0n) is 11.4. The molecule has 1 aromatic heterocycles. The van der Waals surface area contributed by atoms with E-state index in [4.69, 9.17) is 10.6 Å². The van der Waals surface area contributed by atoms with Crippen molar-refractivity contribution in [1.82, 2.24) is 15.2 Å². The lowest BCUT2D eigenvalue weighted by Gasteiger charge is -2.36. The first-order chi connectivity index (χ1) is 8.72. The van der Waals surface area contributed by atoms with E-state index in [1.54, 1.807) is 7.11 Å². The highest BCUT2D eigenvalue weighted by Gasteiger charge is 2.40. The molecule has 0 bridgehead atoms. The molecule has 0 aliphatic heterocycles. The van der Waals surface area contributed by atoms with Crippen molar-refractivity contribution in [3.8, 4) is 0 Å². The molecule has 3 N–H and O–H groups in total. The first-order valence-corrected chi connectivity index (χ1v) is 6.70. The Labute approximate surface area is 109 Å². The van der Waals surface area contributed by atoms with Crippen molar-refractivity contribution < 1.29 is 4.74 Å². The van der Waals surface area contributed by atoms with Crippen LogP contribution in [0.3, 0.4) is 0 Å². The van der Waals surface area contributed by atoms with Crippen molar-refractivity contribution in [2.24, 2.45) is 12.9 Å². The smallest absolute Gasteiger partial charge is 0.0844 e. The Morgan fingerprint density at radius 2 is 2.28 bits per heavy atom. The minimum Gasteiger partial charge on any atom is -0.377 e. The van der Waals surface area contributed by atoms with E-state index in [9.17, 15) is 0 Å². The van der Waals surface area contributed by atoms with Gasteiger partial charge in [0, 0.05) is 26.0 Å². The van der Waals surface area contributed by atoms with Gasteiger partial charge < -0.3 is 4.74 Å². The Morgan fingerprint density at radius 1 is 1.56 bits per heavy atom. The zero-order valence-corrected chi connectivity index (χ0v) is 11.4. The number of methoxy groups -OCH3 is 1. The molecule has 1 unspecified atom stereocenters. The van der Waals surface area contributed by atoms with Gasteiger partial charge in [-0.15, -0.1) is 0 Å². The van der Waals surface area contributed by atoms with E-state index in [1.165, 1.54) is 18.5 Å². The number of ether oxygens (including phenoxy) is 1. The van der Waals surface area contributed by atoms with Gasteiger partial charge in [0.25, 0.3) is 0 Å². The number of hydrogen-bond acceptors (Lipinski definition) is 4. The van der Waals surface area contributed by atoms with Crippen LogP contribution in [0, 0.1) is 0 Å². The maximum absolute atomic E-state index is 5.79. The normalized spacial score (nSPS) is 20.2. The fraction of sp³-hybridized carbons (Fsp3) is 0.769. The largest absolute Gasteiger partial charge is 0.377 e. The van der Waals surface area contributed by atoms with Crippen molar-refractivity contribution in [2.75, 3.05) is 7.11 Å². The molecule has 1 aliphatic carbocycles. The summed E-state index contributed by atoms with van der Waals surface area (Å²) in [6, 6.07) is 2.27. The quantitative estimate of drug-likeness (QED) is 0.589. The van der Waals surface area contributed by atoms with Crippen molar-refractivity contribution in [1.29, 1.82) is 0 Å². The number of aromatic nitrogens is 2. The zero-order chi connectivity index (χ0) is 13.0. The molecule has 5 nitrogen and oxygen atoms in total. The Kier molecular flexibility index (Phi) is 4.37. The highest BCUT2D eigenvalue weighted by atomic mass is 16.5. The fourth-order valence-corrected chi connectivity index (χ4v) is 3.11. The molecule has 1 heterocycles. The van der Waals surface area contributed by atoms with Gasteiger partial charge in [0.15, 0.2) is 0 Å². The number of hydrazine groups is 1. The van der Waals surface area contributed by atoms with Crippen LogP contribution in [-0.4, -0.2) is 28.5 Å². The Hall–Kier alpha value is -0.910. The number of nitrogens with one attached hydrogen (secondary N) is 1. The maximum Gasteiger partial charge on any atom is 0.0844 e. The fourth-order valence-electron chi connectivity index (χ4n) is 3.11. The SMILES string of the molecule is COC1(C(CCc2ccnn2C)NN)CCCC1. The summed E-state index contributed by atoms with van der Waals surface area (Å²) in [5.74, 6) is 5.74. The highest BCUT2D eigenvalue weighted by molar-refractivity contribution is 5.03. The molecular weight excluding hydrogens is 228 g/mol. The van der Waals surface area contributed by atoms with Crippen molar-refractivity contribution in [2.45, 2.75) is 50.2 Å². The van der Waals surface area contributed by atoms with Gasteiger partial charge in [-0.05, 0) is 31.7 Å². The van der Waals surface area contributed by atoms with E-state index in [0.717, 1.165) is 25.7 Å². The summed E-state index contributed by atoms with van der Waals surface area (Å²) in [6.07, 6.45) is 8.45. The molecule has 1 aliphatic rings. The van der Waals surface area contributed by atoms with Gasteiger partial charge >= 0.3 is 0 Å². The Morgan fingerprint density at radius 3 is 2.78 bits per heavy atom. The van der Waals surface area contributed by atoms with Gasteiger partial charge in [-0.2, -0.15) is 5.10 Å². The third-order valence-corrected chi connectivity index (χ3v) is 4.30. The number of rotatable bonds is 6. The summed E-state index contributed by atoms with van der Waals surface area (Å²) in [4.78, 5) is 0. The number of aryl methyl sites for hydroxylation is 2. The number of nitrogens with zero attached hydrogens (tertiary/aromatic N) is 2. The van der Waals surface area contributed by atoms with E-state index in [1.807, 2.05) is 17.9 Å². The van der Waals surface area contributed by atoms with Gasteiger partial charge in [-0.25, -0.2) is 0 Å². The molecule has 0 spiro atoms. The molecule has 0 saturated heterocycles. The minimum absolute atomic E-state index is 0.0760. The lowest BCUT2D eigenvalue weighted by atomic mass is 9.88. The van der Waals surface area contributed by atoms with Crippen molar-refractivity contribution >= 4 is 0 Å². The summed E-state index contributed by atoms with van der Waals surface area (Å²) < 4.78 is 7.71. The van der Waals surface area contributed by atoms with Crippen LogP contribution in [0.15, 0.2) is 12.3 Å². The topological polar surface area (TPSA) is 65.1 Å². The molecule has 2 rings (SSSR count). The van der Waals surface area contributed by atoms with Crippen molar-refractivity contribution in [3.63, 3.8) is 0 Å². The van der Waals surface area contributed by atoms with E-state index < -0.39 is 0 Å². The average Bonchev–Trinajstić information content (AvgIpc) is 3.01. The third-order valence-electron chi connectivity index (χ3n) is 4.30. The summed E-state index contributed by atoms with van der Waals surface area (Å²) in [5, 5.41) is 4.19. The summed E-state index contributed by atoms with van der Waals surface area (Å²) in [7, 11) is 3.78. The molecule has 102 valence electrons. The van der Waals surface area contributed by atoms with E-state index in [-0.39, 0.29) is 11.6 Å². The molecule has 0 amide bonds. The maximum atomic E-state index is 5.79. The van der Waals surface area contributed by atoms with E-state index in [0.29, 0.717) is 0 Å². The molecule has 1 atom stereocenters. The second-order valence-corrected chi connectivity index (χ2v) is 5.18. The van der Waals surface area contributed by atoms with Crippen LogP contribution in [0.25, 0.3) is 0 Å². The highest BCUT2D eigenvalue weighted by Crippen LogP contribution is 2.36. The average molecular weight is 252 g/mol. The molecule has 1 aromatic rings. The molecule has 0 radical (unpaired) electrons. The molecule has 5 heteroatoms. The Balaban J connectivity index is 1.98. The molecular formula is C13H24N4O. The van der Waals surface area contributed by atoms with E-state index >= 15 is 0 Å². The third kappa shape index (κ3) is 2.58. The van der Waals surface area contributed by atoms with Gasteiger partial charge in [0.05, 0.1) is 11.6 Å². The van der Waals surface area contributed by atoms with Crippen LogP contribution in [0.1, 0.15) is 37.8 Å². The standard InChI is InChI=1S/C13H24N4O/c1-17-11(7-10-15-17)5-6-12(16-14)13(18-2)8-3-4-9-13/h7,10,12,16H,3-6,8-9,14H2,1-2H3. The first kappa shape index (κ1) is 13.5. The molecule has 1 saturated carbocycles. The second kappa shape index (κ2) is 5.82. The van der Waals surface area contributed by atoms with Crippen LogP contribution >= 0.6 is 0 Å². The minimum atomic E-state index is -0.0760. The monoisotopic (exact) mass is 252 g/mol. The van der Waals surface area contributed by atoms with Crippen LogP contribution in [-0.2, 0) is 18.2 Å². The van der Waals surface area contributed by atoms with Gasteiger partial charge in [-0.1, -0.05) is 12.8 Å². The van der Waals surface area contributed by atoms with Crippen LogP contribution in [0.5, 0.6) is 0 Å². The van der Waals surface area contributed by atoms with Crippen LogP contribution in [0.2, 0.25) is 0 Å². The summed E-state index contributed by atoms with van der Waals surface area (Å²) in [6.45, 7) is 0. The predicted octanol–water partition coefficient (Wildman–Crippen LogP) is 1.14. The van der Waals surface area contributed by atoms with Crippen LogP contribution in [0.4, 0.5) is 0 Å². The van der Waals surface area contributed by atoms with E-state index in [2.05, 4.69) is 16.6 Å². The Bertz CT molecular complexity index is 371. The van der Waals surface area contributed by atoms with Crippen LogP contribution < -0.4 is 11.3 Å². The van der Waals surface area contributed by atoms with Gasteiger partial charge in [0.1, 0.15) is 0 Å². The van der Waals surface area contributed by atoms with Gasteiger partial charge in [-0.3, -0.25) is 16.0 Å². The number of nitrogens with two attached hydrogens (primary N) is 1.